The second-order valence-electron chi connectivity index (χ2n) is 7.06. The van der Waals surface area contributed by atoms with Crippen LogP contribution in [0.3, 0.4) is 0 Å². The van der Waals surface area contributed by atoms with Gasteiger partial charge in [-0.25, -0.2) is 4.39 Å². The van der Waals surface area contributed by atoms with E-state index < -0.39 is 5.25 Å². The molecule has 162 valence electrons. The first-order valence-corrected chi connectivity index (χ1v) is 10.8. The molecule has 6 nitrogen and oxygen atoms in total. The zero-order chi connectivity index (χ0) is 22.5. The first-order valence-electron chi connectivity index (χ1n) is 9.95. The lowest BCUT2D eigenvalue weighted by molar-refractivity contribution is -0.115. The van der Waals surface area contributed by atoms with Crippen molar-refractivity contribution in [1.82, 2.24) is 14.8 Å². The summed E-state index contributed by atoms with van der Waals surface area (Å²) in [5, 5.41) is 11.5. The molecule has 1 amide bonds. The van der Waals surface area contributed by atoms with Gasteiger partial charge < -0.3 is 14.6 Å². The predicted molar refractivity (Wildman–Crippen MR) is 123 cm³/mol. The number of anilines is 1. The molecule has 0 saturated heterocycles. The van der Waals surface area contributed by atoms with E-state index in [0.29, 0.717) is 22.4 Å². The monoisotopic (exact) mass is 448 g/mol. The van der Waals surface area contributed by atoms with Crippen LogP contribution in [0.25, 0.3) is 11.4 Å². The van der Waals surface area contributed by atoms with E-state index in [-0.39, 0.29) is 11.7 Å². The van der Waals surface area contributed by atoms with Crippen molar-refractivity contribution in [2.24, 2.45) is 7.05 Å². The van der Waals surface area contributed by atoms with Gasteiger partial charge in [0.2, 0.25) is 5.91 Å². The highest BCUT2D eigenvalue weighted by molar-refractivity contribution is 8.00. The second-order valence-corrected chi connectivity index (χ2v) is 8.37. The van der Waals surface area contributed by atoms with E-state index in [1.807, 2.05) is 37.4 Å². The molecule has 0 radical (unpaired) electrons. The van der Waals surface area contributed by atoms with Crippen LogP contribution in [0.2, 0.25) is 0 Å². The van der Waals surface area contributed by atoms with Crippen LogP contribution in [0, 0.1) is 5.82 Å². The Hall–Kier alpha value is -3.65. The van der Waals surface area contributed by atoms with Crippen LogP contribution in [0.4, 0.5) is 10.1 Å². The molecule has 0 spiro atoms. The molecule has 32 heavy (non-hydrogen) atoms. The van der Waals surface area contributed by atoms with E-state index in [4.69, 9.17) is 4.74 Å². The summed E-state index contributed by atoms with van der Waals surface area (Å²) >= 11 is 1.30. The average Bonchev–Trinajstić information content (AvgIpc) is 3.16. The first-order chi connectivity index (χ1) is 15.5. The number of benzene rings is 3. The molecular weight excluding hydrogens is 427 g/mol. The molecule has 0 aliphatic heterocycles. The Morgan fingerprint density at radius 3 is 2.31 bits per heavy atom. The minimum absolute atomic E-state index is 0.155. The molecule has 4 rings (SSSR count). The van der Waals surface area contributed by atoms with Crippen molar-refractivity contribution in [3.63, 3.8) is 0 Å². The highest BCUT2D eigenvalue weighted by Gasteiger charge is 2.19. The number of para-hydroxylation sites is 1. The maximum Gasteiger partial charge on any atom is 0.237 e. The smallest absolute Gasteiger partial charge is 0.237 e. The summed E-state index contributed by atoms with van der Waals surface area (Å²) in [6.07, 6.45) is 0. The van der Waals surface area contributed by atoms with Crippen LogP contribution >= 0.6 is 11.8 Å². The average molecular weight is 449 g/mol. The minimum atomic E-state index is -0.404. The zero-order valence-electron chi connectivity index (χ0n) is 17.5. The van der Waals surface area contributed by atoms with Crippen LogP contribution in [-0.4, -0.2) is 25.9 Å². The van der Waals surface area contributed by atoms with Gasteiger partial charge in [-0.15, -0.1) is 10.2 Å². The number of aromatic nitrogens is 3. The van der Waals surface area contributed by atoms with Gasteiger partial charge in [0.1, 0.15) is 17.3 Å². The van der Waals surface area contributed by atoms with E-state index in [0.717, 1.165) is 11.3 Å². The lowest BCUT2D eigenvalue weighted by atomic mass is 10.2. The van der Waals surface area contributed by atoms with Gasteiger partial charge in [0.15, 0.2) is 11.0 Å². The molecule has 3 aromatic carbocycles. The Kier molecular flexibility index (Phi) is 6.51. The fourth-order valence-corrected chi connectivity index (χ4v) is 3.77. The van der Waals surface area contributed by atoms with Crippen LogP contribution in [0.5, 0.6) is 11.5 Å². The third-order valence-electron chi connectivity index (χ3n) is 4.69. The number of rotatable bonds is 7. The van der Waals surface area contributed by atoms with Gasteiger partial charge in [-0.1, -0.05) is 30.0 Å². The Bertz CT molecular complexity index is 1200. The topological polar surface area (TPSA) is 69.0 Å². The largest absolute Gasteiger partial charge is 0.457 e. The van der Waals surface area contributed by atoms with Crippen molar-refractivity contribution in [1.29, 1.82) is 0 Å². The van der Waals surface area contributed by atoms with E-state index in [9.17, 15) is 9.18 Å². The van der Waals surface area contributed by atoms with Gasteiger partial charge in [0.05, 0.1) is 5.25 Å². The quantitative estimate of drug-likeness (QED) is 0.376. The Morgan fingerprint density at radius 1 is 0.969 bits per heavy atom. The second kappa shape index (κ2) is 9.65. The number of hydrogen-bond donors (Lipinski definition) is 1. The van der Waals surface area contributed by atoms with E-state index >= 15 is 0 Å². The van der Waals surface area contributed by atoms with E-state index in [1.165, 1.54) is 23.9 Å². The first kappa shape index (κ1) is 21.6. The molecule has 1 aromatic heterocycles. The molecule has 1 heterocycles. The minimum Gasteiger partial charge on any atom is -0.457 e. The summed E-state index contributed by atoms with van der Waals surface area (Å²) in [6, 6.07) is 22.7. The molecule has 0 aliphatic carbocycles. The summed E-state index contributed by atoms with van der Waals surface area (Å²) in [5.41, 5.74) is 1.43. The van der Waals surface area contributed by atoms with Gasteiger partial charge in [-0.3, -0.25) is 4.79 Å². The molecule has 1 atom stereocenters. The Balaban J connectivity index is 1.36. The van der Waals surface area contributed by atoms with Crippen LogP contribution < -0.4 is 10.1 Å². The van der Waals surface area contributed by atoms with Crippen LogP contribution in [0.1, 0.15) is 6.92 Å². The maximum absolute atomic E-state index is 13.2. The molecule has 0 saturated carbocycles. The molecule has 8 heteroatoms. The normalized spacial score (nSPS) is 11.7. The number of thioether (sulfide) groups is 1. The van der Waals surface area contributed by atoms with Gasteiger partial charge in [0, 0.05) is 18.3 Å². The third-order valence-corrected chi connectivity index (χ3v) is 5.82. The number of nitrogens with one attached hydrogen (secondary N) is 1. The molecular formula is C24H21FN4O2S. The SMILES string of the molecule is CC(Sc1nnc(-c2ccc(F)cc2)n1C)C(=O)Nc1ccc(Oc2ccccc2)cc1. The lowest BCUT2D eigenvalue weighted by Crippen LogP contribution is -2.22. The maximum atomic E-state index is 13.2. The number of halogens is 1. The van der Waals surface area contributed by atoms with Crippen molar-refractivity contribution in [3.05, 3.63) is 84.7 Å². The van der Waals surface area contributed by atoms with Crippen molar-refractivity contribution in [2.75, 3.05) is 5.32 Å². The van der Waals surface area contributed by atoms with Crippen molar-refractivity contribution >= 4 is 23.4 Å². The number of carbonyl (C=O) groups is 1. The van der Waals surface area contributed by atoms with Crippen molar-refractivity contribution < 1.29 is 13.9 Å². The lowest BCUT2D eigenvalue weighted by Gasteiger charge is -2.12. The number of ether oxygens (including phenoxy) is 1. The molecule has 0 aliphatic rings. The van der Waals surface area contributed by atoms with Crippen molar-refractivity contribution in [3.8, 4) is 22.9 Å². The van der Waals surface area contributed by atoms with E-state index in [2.05, 4.69) is 15.5 Å². The number of hydrogen-bond acceptors (Lipinski definition) is 5. The summed E-state index contributed by atoms with van der Waals surface area (Å²) in [7, 11) is 1.82. The summed E-state index contributed by atoms with van der Waals surface area (Å²) in [5.74, 6) is 1.57. The summed E-state index contributed by atoms with van der Waals surface area (Å²) < 4.78 is 20.7. The predicted octanol–water partition coefficient (Wildman–Crippen LogP) is 5.53. The third kappa shape index (κ3) is 5.15. The summed E-state index contributed by atoms with van der Waals surface area (Å²) in [4.78, 5) is 12.7. The zero-order valence-corrected chi connectivity index (χ0v) is 18.3. The van der Waals surface area contributed by atoms with Gasteiger partial charge in [-0.2, -0.15) is 0 Å². The summed E-state index contributed by atoms with van der Waals surface area (Å²) in [6.45, 7) is 1.80. The molecule has 4 aromatic rings. The van der Waals surface area contributed by atoms with Gasteiger partial charge in [0.25, 0.3) is 0 Å². The Morgan fingerprint density at radius 2 is 1.62 bits per heavy atom. The Labute approximate surface area is 189 Å². The highest BCUT2D eigenvalue weighted by Crippen LogP contribution is 2.27. The van der Waals surface area contributed by atoms with Crippen molar-refractivity contribution in [2.45, 2.75) is 17.3 Å². The number of amides is 1. The van der Waals surface area contributed by atoms with Gasteiger partial charge >= 0.3 is 0 Å². The fourth-order valence-electron chi connectivity index (χ4n) is 2.95. The van der Waals surface area contributed by atoms with Crippen LogP contribution in [0.15, 0.2) is 84.0 Å². The molecule has 0 fully saturated rings. The fraction of sp³-hybridized carbons (Fsp3) is 0.125. The van der Waals surface area contributed by atoms with E-state index in [1.54, 1.807) is 47.9 Å². The number of nitrogens with zero attached hydrogens (tertiary/aromatic N) is 3. The molecule has 1 unspecified atom stereocenters. The molecule has 0 bridgehead atoms. The standard InChI is InChI=1S/C24H21FN4O2S/c1-16(32-24-28-27-22(29(24)2)17-8-10-18(25)11-9-17)23(30)26-19-12-14-21(15-13-19)31-20-6-4-3-5-7-20/h3-16H,1-2H3,(H,26,30). The van der Waals surface area contributed by atoms with Gasteiger partial charge in [-0.05, 0) is 67.6 Å². The van der Waals surface area contributed by atoms with Crippen LogP contribution in [-0.2, 0) is 11.8 Å². The molecule has 1 N–H and O–H groups in total. The highest BCUT2D eigenvalue weighted by atomic mass is 32.2. The number of carbonyl (C=O) groups excluding carboxylic acids is 1.